The van der Waals surface area contributed by atoms with Gasteiger partial charge in [-0.3, -0.25) is 14.9 Å². The number of imide groups is 2. The molecule has 11 heavy (non-hydrogen) atoms. The molecule has 1 aliphatic heterocycles. The SMILES string of the molecule is C=C1C(=O)NC(=O)N(N)C1=O. The van der Waals surface area contributed by atoms with Gasteiger partial charge in [-0.05, 0) is 0 Å². The van der Waals surface area contributed by atoms with Crippen molar-refractivity contribution in [3.05, 3.63) is 12.2 Å². The first-order valence-corrected chi connectivity index (χ1v) is 2.67. The maximum Gasteiger partial charge on any atom is 0.345 e. The highest BCUT2D eigenvalue weighted by molar-refractivity contribution is 6.28. The van der Waals surface area contributed by atoms with Crippen molar-refractivity contribution < 1.29 is 14.4 Å². The molecule has 0 saturated carbocycles. The van der Waals surface area contributed by atoms with Crippen LogP contribution in [-0.2, 0) is 9.59 Å². The van der Waals surface area contributed by atoms with Crippen LogP contribution in [0.2, 0.25) is 0 Å². The molecule has 0 atom stereocenters. The van der Waals surface area contributed by atoms with Crippen LogP contribution in [0.1, 0.15) is 0 Å². The zero-order valence-corrected chi connectivity index (χ0v) is 5.46. The smallest absolute Gasteiger partial charge is 0.272 e. The number of nitrogens with zero attached hydrogens (tertiary/aromatic N) is 1. The molecule has 0 aromatic rings. The van der Waals surface area contributed by atoms with Crippen molar-refractivity contribution in [1.82, 2.24) is 10.3 Å². The zero-order valence-electron chi connectivity index (χ0n) is 5.46. The summed E-state index contributed by atoms with van der Waals surface area (Å²) in [6, 6.07) is -0.938. The third-order valence-electron chi connectivity index (χ3n) is 1.19. The first kappa shape index (κ1) is 7.42. The summed E-state index contributed by atoms with van der Waals surface area (Å²) in [5, 5.41) is 2.11. The number of urea groups is 1. The fourth-order valence-corrected chi connectivity index (χ4v) is 0.568. The number of hydrogen-bond acceptors (Lipinski definition) is 4. The van der Waals surface area contributed by atoms with E-state index in [1.807, 2.05) is 5.32 Å². The van der Waals surface area contributed by atoms with Crippen molar-refractivity contribution in [1.29, 1.82) is 0 Å². The largest absolute Gasteiger partial charge is 0.345 e. The minimum absolute atomic E-state index is 0.295. The normalized spacial score (nSPS) is 18.8. The number of carbonyl (C=O) groups is 3. The minimum Gasteiger partial charge on any atom is -0.272 e. The first-order valence-electron chi connectivity index (χ1n) is 2.67. The van der Waals surface area contributed by atoms with E-state index in [0.717, 1.165) is 0 Å². The molecule has 6 nitrogen and oxygen atoms in total. The second kappa shape index (κ2) is 2.17. The van der Waals surface area contributed by atoms with E-state index in [4.69, 9.17) is 5.84 Å². The van der Waals surface area contributed by atoms with Crippen LogP contribution in [0.5, 0.6) is 0 Å². The molecule has 1 aliphatic rings. The zero-order chi connectivity index (χ0) is 8.59. The fraction of sp³-hybridized carbons (Fsp3) is 0. The summed E-state index contributed by atoms with van der Waals surface area (Å²) in [4.78, 5) is 32.0. The molecular weight excluding hydrogens is 150 g/mol. The third kappa shape index (κ3) is 0.987. The number of amides is 4. The van der Waals surface area contributed by atoms with Gasteiger partial charge in [0.15, 0.2) is 0 Å². The number of nitrogens with one attached hydrogen (secondary N) is 1. The molecular formula is C5H5N3O3. The van der Waals surface area contributed by atoms with Gasteiger partial charge in [0, 0.05) is 0 Å². The lowest BCUT2D eigenvalue weighted by Crippen LogP contribution is -2.56. The quantitative estimate of drug-likeness (QED) is 0.192. The van der Waals surface area contributed by atoms with Crippen LogP contribution < -0.4 is 11.2 Å². The number of nitrogens with two attached hydrogens (primary N) is 1. The average Bonchev–Trinajstić information content (AvgIpc) is 1.97. The molecule has 0 unspecified atom stereocenters. The van der Waals surface area contributed by atoms with E-state index in [0.29, 0.717) is 5.01 Å². The Hall–Kier alpha value is -1.69. The average molecular weight is 155 g/mol. The molecule has 0 aliphatic carbocycles. The summed E-state index contributed by atoms with van der Waals surface area (Å²) in [6.07, 6.45) is 0. The van der Waals surface area contributed by atoms with Gasteiger partial charge in [0.25, 0.3) is 11.8 Å². The standard InChI is InChI=1S/C5H5N3O3/c1-2-3(9)7-5(11)8(6)4(2)10/h1,6H2,(H,7,9,11). The second-order valence-electron chi connectivity index (χ2n) is 1.91. The van der Waals surface area contributed by atoms with E-state index in [9.17, 15) is 14.4 Å². The van der Waals surface area contributed by atoms with Crippen molar-refractivity contribution >= 4 is 17.8 Å². The molecule has 0 radical (unpaired) electrons. The van der Waals surface area contributed by atoms with Crippen molar-refractivity contribution in [2.75, 3.05) is 0 Å². The molecule has 0 spiro atoms. The number of hydrogen-bond donors (Lipinski definition) is 2. The fourth-order valence-electron chi connectivity index (χ4n) is 0.568. The molecule has 4 amide bonds. The molecule has 1 heterocycles. The lowest BCUT2D eigenvalue weighted by Gasteiger charge is -2.20. The summed E-state index contributed by atoms with van der Waals surface area (Å²) in [5.41, 5.74) is -0.341. The van der Waals surface area contributed by atoms with Gasteiger partial charge < -0.3 is 0 Å². The Morgan fingerprint density at radius 2 is 1.91 bits per heavy atom. The van der Waals surface area contributed by atoms with E-state index in [-0.39, 0.29) is 5.57 Å². The van der Waals surface area contributed by atoms with E-state index in [1.54, 1.807) is 0 Å². The molecule has 6 heteroatoms. The van der Waals surface area contributed by atoms with E-state index in [2.05, 4.69) is 6.58 Å². The number of barbiturate groups is 1. The summed E-state index contributed by atoms with van der Waals surface area (Å²) >= 11 is 0. The minimum atomic E-state index is -0.938. The van der Waals surface area contributed by atoms with Gasteiger partial charge in [-0.1, -0.05) is 6.58 Å². The molecule has 1 fully saturated rings. The molecule has 1 saturated heterocycles. The Bertz CT molecular complexity index is 270. The van der Waals surface area contributed by atoms with Crippen LogP contribution in [0.4, 0.5) is 4.79 Å². The van der Waals surface area contributed by atoms with Gasteiger partial charge in [0.2, 0.25) is 0 Å². The summed E-state index contributed by atoms with van der Waals surface area (Å²) in [7, 11) is 0. The third-order valence-corrected chi connectivity index (χ3v) is 1.19. The van der Waals surface area contributed by atoms with Crippen LogP contribution >= 0.6 is 0 Å². The highest BCUT2D eigenvalue weighted by atomic mass is 16.2. The Kier molecular flexibility index (Phi) is 1.46. The van der Waals surface area contributed by atoms with Crippen molar-refractivity contribution in [3.8, 4) is 0 Å². The van der Waals surface area contributed by atoms with E-state index in [1.165, 1.54) is 0 Å². The van der Waals surface area contributed by atoms with Crippen molar-refractivity contribution in [2.45, 2.75) is 0 Å². The second-order valence-corrected chi connectivity index (χ2v) is 1.91. The maximum atomic E-state index is 10.8. The Balaban J connectivity index is 2.96. The summed E-state index contributed by atoms with van der Waals surface area (Å²) < 4.78 is 0. The Labute approximate surface area is 61.6 Å². The number of rotatable bonds is 0. The lowest BCUT2D eigenvalue weighted by molar-refractivity contribution is -0.130. The van der Waals surface area contributed by atoms with Crippen LogP contribution in [-0.4, -0.2) is 22.9 Å². The van der Waals surface area contributed by atoms with Gasteiger partial charge in [0.1, 0.15) is 0 Å². The molecule has 0 aromatic heterocycles. The monoisotopic (exact) mass is 155 g/mol. The van der Waals surface area contributed by atoms with E-state index < -0.39 is 17.8 Å². The Morgan fingerprint density at radius 1 is 1.36 bits per heavy atom. The van der Waals surface area contributed by atoms with Gasteiger partial charge in [-0.15, -0.1) is 0 Å². The highest BCUT2D eigenvalue weighted by Gasteiger charge is 2.32. The van der Waals surface area contributed by atoms with Crippen LogP contribution in [0, 0.1) is 0 Å². The molecule has 0 aromatic carbocycles. The van der Waals surface area contributed by atoms with E-state index >= 15 is 0 Å². The van der Waals surface area contributed by atoms with Crippen molar-refractivity contribution in [3.63, 3.8) is 0 Å². The Morgan fingerprint density at radius 3 is 2.45 bits per heavy atom. The summed E-state index contributed by atoms with van der Waals surface area (Å²) in [5.74, 6) is 3.25. The molecule has 3 N–H and O–H groups in total. The topological polar surface area (TPSA) is 92.5 Å². The van der Waals surface area contributed by atoms with Gasteiger partial charge in [-0.25, -0.2) is 10.6 Å². The van der Waals surface area contributed by atoms with Crippen molar-refractivity contribution in [2.24, 2.45) is 5.84 Å². The van der Waals surface area contributed by atoms with Gasteiger partial charge in [0.05, 0.1) is 5.57 Å². The van der Waals surface area contributed by atoms with Crippen LogP contribution in [0.25, 0.3) is 0 Å². The number of hydrazine groups is 1. The molecule has 1 rings (SSSR count). The van der Waals surface area contributed by atoms with Crippen LogP contribution in [0.15, 0.2) is 12.2 Å². The number of carbonyl (C=O) groups excluding carboxylic acids is 3. The maximum absolute atomic E-state index is 10.8. The molecule has 0 bridgehead atoms. The highest BCUT2D eigenvalue weighted by Crippen LogP contribution is 2.01. The predicted octanol–water partition coefficient (Wildman–Crippen LogP) is -1.51. The van der Waals surface area contributed by atoms with Gasteiger partial charge in [-0.2, -0.15) is 5.01 Å². The lowest BCUT2D eigenvalue weighted by atomic mass is 10.2. The van der Waals surface area contributed by atoms with Gasteiger partial charge >= 0.3 is 6.03 Å². The van der Waals surface area contributed by atoms with Crippen LogP contribution in [0.3, 0.4) is 0 Å². The predicted molar refractivity (Wildman–Crippen MR) is 33.7 cm³/mol. The summed E-state index contributed by atoms with van der Waals surface area (Å²) in [6.45, 7) is 3.13. The molecule has 58 valence electrons. The first-order chi connectivity index (χ1) is 5.04.